The van der Waals surface area contributed by atoms with Crippen LogP contribution in [0, 0.1) is 5.41 Å². The lowest BCUT2D eigenvalue weighted by Crippen LogP contribution is -1.97. The Balaban J connectivity index is 2.30. The number of rotatable bonds is 6. The Kier molecular flexibility index (Phi) is 4.20. The van der Waals surface area contributed by atoms with E-state index in [1.165, 1.54) is 0 Å². The zero-order chi connectivity index (χ0) is 13.8. The molecule has 0 radical (unpaired) electrons. The number of nitrogens with one attached hydrogen (secondary N) is 1. The fraction of sp³-hybridized carbons (Fsp3) is 0.400. The molecule has 0 amide bonds. The van der Waals surface area contributed by atoms with Gasteiger partial charge in [0.15, 0.2) is 0 Å². The van der Waals surface area contributed by atoms with E-state index in [-0.39, 0.29) is 5.75 Å². The van der Waals surface area contributed by atoms with Crippen LogP contribution in [0.3, 0.4) is 0 Å². The molecule has 102 valence electrons. The first kappa shape index (κ1) is 13.6. The summed E-state index contributed by atoms with van der Waals surface area (Å²) in [5.74, 6) is 0.231. The number of nitrogens with zero attached hydrogens (tertiary/aromatic N) is 1. The van der Waals surface area contributed by atoms with Crippen LogP contribution in [0.25, 0.3) is 10.9 Å². The number of aryl methyl sites for hydroxylation is 2. The molecule has 3 nitrogen and oxygen atoms in total. The van der Waals surface area contributed by atoms with E-state index < -0.39 is 6.67 Å². The van der Waals surface area contributed by atoms with E-state index in [1.807, 2.05) is 16.8 Å². The van der Waals surface area contributed by atoms with Crippen molar-refractivity contribution in [2.45, 2.75) is 32.7 Å². The van der Waals surface area contributed by atoms with Crippen LogP contribution in [0.5, 0.6) is 5.75 Å². The molecule has 2 N–H and O–H groups in total. The van der Waals surface area contributed by atoms with E-state index in [0.717, 1.165) is 35.7 Å². The Bertz CT molecular complexity index is 589. The molecule has 1 aromatic carbocycles. The molecule has 0 aliphatic carbocycles. The lowest BCUT2D eigenvalue weighted by molar-refractivity contribution is 0.450. The highest BCUT2D eigenvalue weighted by Crippen LogP contribution is 2.26. The second-order valence-corrected chi connectivity index (χ2v) is 4.87. The summed E-state index contributed by atoms with van der Waals surface area (Å²) in [7, 11) is 0. The minimum atomic E-state index is -0.399. The number of phenolic OH excluding ortho intramolecular Hbond substituents is 1. The highest BCUT2D eigenvalue weighted by molar-refractivity contribution is 5.85. The van der Waals surface area contributed by atoms with E-state index >= 15 is 0 Å². The molecule has 2 rings (SSSR count). The summed E-state index contributed by atoms with van der Waals surface area (Å²) in [5, 5.41) is 18.0. The number of hydrogen-bond acceptors (Lipinski definition) is 2. The van der Waals surface area contributed by atoms with Crippen LogP contribution in [-0.2, 0) is 13.0 Å². The van der Waals surface area contributed by atoms with Crippen LogP contribution in [0.15, 0.2) is 24.4 Å². The SMILES string of the molecule is CC(=N)CCCc1cn(CCF)c2ccc(O)cc12. The van der Waals surface area contributed by atoms with Gasteiger partial charge in [0, 0.05) is 22.8 Å². The normalized spacial score (nSPS) is 11.1. The first-order valence-electron chi connectivity index (χ1n) is 6.52. The summed E-state index contributed by atoms with van der Waals surface area (Å²) in [6, 6.07) is 5.19. The molecule has 0 bridgehead atoms. The number of benzene rings is 1. The zero-order valence-electron chi connectivity index (χ0n) is 11.1. The van der Waals surface area contributed by atoms with Crippen molar-refractivity contribution in [1.29, 1.82) is 5.41 Å². The number of alkyl halides is 1. The highest BCUT2D eigenvalue weighted by Gasteiger charge is 2.09. The van der Waals surface area contributed by atoms with Gasteiger partial charge < -0.3 is 15.1 Å². The number of halogens is 1. The Labute approximate surface area is 112 Å². The van der Waals surface area contributed by atoms with E-state index in [1.54, 1.807) is 19.1 Å². The van der Waals surface area contributed by atoms with Crippen molar-refractivity contribution in [3.05, 3.63) is 30.0 Å². The van der Waals surface area contributed by atoms with E-state index in [0.29, 0.717) is 12.3 Å². The summed E-state index contributed by atoms with van der Waals surface area (Å²) in [6.07, 6.45) is 4.48. The third kappa shape index (κ3) is 3.13. The Hall–Kier alpha value is -1.84. The quantitative estimate of drug-likeness (QED) is 0.766. The summed E-state index contributed by atoms with van der Waals surface area (Å²) in [5.41, 5.74) is 2.74. The van der Waals surface area contributed by atoms with Crippen molar-refractivity contribution in [3.8, 4) is 5.75 Å². The number of aromatic nitrogens is 1. The summed E-state index contributed by atoms with van der Waals surface area (Å²) in [4.78, 5) is 0. The number of aromatic hydroxyl groups is 1. The molecule has 0 unspecified atom stereocenters. The Morgan fingerprint density at radius 3 is 2.89 bits per heavy atom. The summed E-state index contributed by atoms with van der Waals surface area (Å²) < 4.78 is 14.4. The number of fused-ring (bicyclic) bond motifs is 1. The number of phenols is 1. The molecule has 1 aromatic heterocycles. The van der Waals surface area contributed by atoms with Gasteiger partial charge in [-0.25, -0.2) is 4.39 Å². The molecule has 0 aliphatic heterocycles. The van der Waals surface area contributed by atoms with Crippen LogP contribution >= 0.6 is 0 Å². The molecule has 2 aromatic rings. The minimum Gasteiger partial charge on any atom is -0.508 e. The maximum atomic E-state index is 12.6. The third-order valence-electron chi connectivity index (χ3n) is 3.27. The fourth-order valence-electron chi connectivity index (χ4n) is 2.38. The fourth-order valence-corrected chi connectivity index (χ4v) is 2.38. The Morgan fingerprint density at radius 2 is 2.21 bits per heavy atom. The average molecular weight is 262 g/mol. The van der Waals surface area contributed by atoms with Gasteiger partial charge in [-0.1, -0.05) is 0 Å². The van der Waals surface area contributed by atoms with Gasteiger partial charge in [-0.05, 0) is 49.9 Å². The maximum Gasteiger partial charge on any atom is 0.116 e. The predicted octanol–water partition coefficient (Wildman–Crippen LogP) is 3.68. The van der Waals surface area contributed by atoms with E-state index in [2.05, 4.69) is 0 Å². The van der Waals surface area contributed by atoms with Crippen LogP contribution in [0.4, 0.5) is 4.39 Å². The smallest absolute Gasteiger partial charge is 0.116 e. The van der Waals surface area contributed by atoms with Gasteiger partial charge in [0.1, 0.15) is 12.4 Å². The van der Waals surface area contributed by atoms with Crippen LogP contribution in [0.1, 0.15) is 25.3 Å². The standard InChI is InChI=1S/C15H19FN2O/c1-11(17)3-2-4-12-10-18(8-7-16)15-6-5-13(19)9-14(12)15/h5-6,9-10,17,19H,2-4,7-8H2,1H3. The largest absolute Gasteiger partial charge is 0.508 e. The molecule has 19 heavy (non-hydrogen) atoms. The van der Waals surface area contributed by atoms with E-state index in [9.17, 15) is 9.50 Å². The lowest BCUT2D eigenvalue weighted by atomic mass is 10.1. The molecule has 4 heteroatoms. The first-order valence-corrected chi connectivity index (χ1v) is 6.52. The lowest BCUT2D eigenvalue weighted by Gasteiger charge is -2.01. The van der Waals surface area contributed by atoms with Crippen molar-refractivity contribution >= 4 is 16.6 Å². The first-order chi connectivity index (χ1) is 9.11. The molecule has 1 heterocycles. The number of hydrogen-bond donors (Lipinski definition) is 2. The molecule has 0 aliphatic rings. The van der Waals surface area contributed by atoms with Gasteiger partial charge in [-0.15, -0.1) is 0 Å². The van der Waals surface area contributed by atoms with Gasteiger partial charge in [-0.3, -0.25) is 0 Å². The molecule has 0 saturated heterocycles. The van der Waals surface area contributed by atoms with Crippen molar-refractivity contribution in [3.63, 3.8) is 0 Å². The van der Waals surface area contributed by atoms with Crippen LogP contribution in [0.2, 0.25) is 0 Å². The van der Waals surface area contributed by atoms with Gasteiger partial charge in [0.05, 0.1) is 6.54 Å². The van der Waals surface area contributed by atoms with Crippen LogP contribution < -0.4 is 0 Å². The molecule has 0 saturated carbocycles. The van der Waals surface area contributed by atoms with Gasteiger partial charge in [0.2, 0.25) is 0 Å². The van der Waals surface area contributed by atoms with Crippen molar-refractivity contribution in [1.82, 2.24) is 4.57 Å². The predicted molar refractivity (Wildman–Crippen MR) is 75.9 cm³/mol. The van der Waals surface area contributed by atoms with Crippen LogP contribution in [-0.4, -0.2) is 22.1 Å². The zero-order valence-corrected chi connectivity index (χ0v) is 11.1. The highest BCUT2D eigenvalue weighted by atomic mass is 19.1. The van der Waals surface area contributed by atoms with Crippen molar-refractivity contribution in [2.24, 2.45) is 0 Å². The Morgan fingerprint density at radius 1 is 1.42 bits per heavy atom. The molecule has 0 atom stereocenters. The van der Waals surface area contributed by atoms with Gasteiger partial charge >= 0.3 is 0 Å². The molecule has 0 fully saturated rings. The molecular weight excluding hydrogens is 243 g/mol. The second kappa shape index (κ2) is 5.87. The summed E-state index contributed by atoms with van der Waals surface area (Å²) in [6.45, 7) is 1.74. The minimum absolute atomic E-state index is 0.231. The summed E-state index contributed by atoms with van der Waals surface area (Å²) >= 11 is 0. The average Bonchev–Trinajstić information content (AvgIpc) is 2.67. The van der Waals surface area contributed by atoms with Crippen molar-refractivity contribution in [2.75, 3.05) is 6.67 Å². The monoisotopic (exact) mass is 262 g/mol. The maximum absolute atomic E-state index is 12.6. The third-order valence-corrected chi connectivity index (χ3v) is 3.27. The van der Waals surface area contributed by atoms with Gasteiger partial charge in [-0.2, -0.15) is 0 Å². The van der Waals surface area contributed by atoms with Crippen molar-refractivity contribution < 1.29 is 9.50 Å². The van der Waals surface area contributed by atoms with Gasteiger partial charge in [0.25, 0.3) is 0 Å². The van der Waals surface area contributed by atoms with E-state index in [4.69, 9.17) is 5.41 Å². The topological polar surface area (TPSA) is 49.0 Å². The molecular formula is C15H19FN2O. The second-order valence-electron chi connectivity index (χ2n) is 4.87. The molecule has 0 spiro atoms.